The molecule has 0 bridgehead atoms. The number of aliphatic carboxylic acids is 1. The average molecular weight is 498 g/mol. The van der Waals surface area contributed by atoms with E-state index < -0.39 is 11.9 Å². The molecule has 4 nitrogen and oxygen atoms in total. The van der Waals surface area contributed by atoms with Crippen LogP contribution in [-0.2, 0) is 11.4 Å². The summed E-state index contributed by atoms with van der Waals surface area (Å²) in [6.07, 6.45) is 11.9. The van der Waals surface area contributed by atoms with E-state index in [0.717, 1.165) is 47.0 Å². The van der Waals surface area contributed by atoms with Crippen LogP contribution < -0.4 is 10.1 Å². The maximum Gasteiger partial charge on any atom is 0.310 e. The van der Waals surface area contributed by atoms with Gasteiger partial charge in [0.2, 0.25) is 0 Å². The van der Waals surface area contributed by atoms with Crippen LogP contribution in [0.1, 0.15) is 92.7 Å². The molecule has 2 saturated carbocycles. The summed E-state index contributed by atoms with van der Waals surface area (Å²) in [4.78, 5) is 12.2. The number of carboxylic acid groups (broad SMARTS) is 1. The predicted molar refractivity (Wildman–Crippen MR) is 150 cm³/mol. The lowest BCUT2D eigenvalue weighted by Gasteiger charge is -2.22. The molecule has 0 saturated heterocycles. The lowest BCUT2D eigenvalue weighted by Crippen LogP contribution is -2.13. The largest absolute Gasteiger partial charge is 0.489 e. The van der Waals surface area contributed by atoms with Gasteiger partial charge in [-0.15, -0.1) is 0 Å². The molecule has 0 spiro atoms. The molecule has 37 heavy (non-hydrogen) atoms. The summed E-state index contributed by atoms with van der Waals surface area (Å²) in [5, 5.41) is 13.6. The molecule has 5 rings (SSSR count). The number of ether oxygens (including phenoxy) is 1. The van der Waals surface area contributed by atoms with Crippen LogP contribution >= 0.6 is 0 Å². The number of carboxylic acids is 1. The molecule has 3 aromatic carbocycles. The predicted octanol–water partition coefficient (Wildman–Crippen LogP) is 8.81. The number of hydrogen-bond acceptors (Lipinski definition) is 3. The van der Waals surface area contributed by atoms with Crippen molar-refractivity contribution in [2.45, 2.75) is 82.7 Å². The Hall–Kier alpha value is -3.27. The summed E-state index contributed by atoms with van der Waals surface area (Å²) in [5.41, 5.74) is 5.34. The van der Waals surface area contributed by atoms with Gasteiger partial charge in [0.1, 0.15) is 12.4 Å². The molecule has 0 radical (unpaired) electrons. The van der Waals surface area contributed by atoms with Crippen LogP contribution in [0.15, 0.2) is 72.8 Å². The highest BCUT2D eigenvalue weighted by Gasteiger charge is 2.27. The minimum atomic E-state index is -0.723. The Labute approximate surface area is 221 Å². The van der Waals surface area contributed by atoms with Gasteiger partial charge in [-0.05, 0) is 78.1 Å². The van der Waals surface area contributed by atoms with Gasteiger partial charge in [0.05, 0.1) is 5.92 Å². The Kier molecular flexibility index (Phi) is 8.45. The molecule has 4 heteroatoms. The Morgan fingerprint density at radius 2 is 1.73 bits per heavy atom. The zero-order valence-corrected chi connectivity index (χ0v) is 21.7. The molecule has 3 aromatic rings. The van der Waals surface area contributed by atoms with Gasteiger partial charge in [0.15, 0.2) is 0 Å². The molecule has 2 aliphatic rings. The summed E-state index contributed by atoms with van der Waals surface area (Å²) in [7, 11) is 0. The SMILES string of the molecule is O=C(O)C(CCCC1CCCCC1)c1cccc(Nc2ccc(OCc3ccccc3)cc2C2CC2)c1. The molecule has 2 N–H and O–H groups in total. The Morgan fingerprint density at radius 3 is 2.49 bits per heavy atom. The van der Waals surface area contributed by atoms with Gasteiger partial charge in [0.25, 0.3) is 0 Å². The van der Waals surface area contributed by atoms with E-state index >= 15 is 0 Å². The number of hydrogen-bond donors (Lipinski definition) is 2. The smallest absolute Gasteiger partial charge is 0.310 e. The summed E-state index contributed by atoms with van der Waals surface area (Å²) >= 11 is 0. The van der Waals surface area contributed by atoms with E-state index in [0.29, 0.717) is 18.9 Å². The van der Waals surface area contributed by atoms with Gasteiger partial charge in [-0.2, -0.15) is 0 Å². The van der Waals surface area contributed by atoms with E-state index in [2.05, 4.69) is 29.6 Å². The van der Waals surface area contributed by atoms with Gasteiger partial charge < -0.3 is 15.2 Å². The number of nitrogens with one attached hydrogen (secondary N) is 1. The van der Waals surface area contributed by atoms with E-state index in [1.807, 2.05) is 48.5 Å². The van der Waals surface area contributed by atoms with Crippen LogP contribution in [-0.4, -0.2) is 11.1 Å². The van der Waals surface area contributed by atoms with Crippen molar-refractivity contribution < 1.29 is 14.6 Å². The second-order valence-electron chi connectivity index (χ2n) is 10.9. The standard InChI is InChI=1S/C33H39NO3/c35-33(36)30(16-7-13-24-9-3-1-4-10-24)27-14-8-15-28(21-27)34-32-20-19-29(22-31(32)26-17-18-26)37-23-25-11-5-2-6-12-25/h2,5-6,8,11-12,14-15,19-22,24,26,30,34H,1,3-4,7,9-10,13,16-18,23H2,(H,35,36). The monoisotopic (exact) mass is 497 g/mol. The van der Waals surface area contributed by atoms with Crippen molar-refractivity contribution in [3.8, 4) is 5.75 Å². The van der Waals surface area contributed by atoms with Crippen LogP contribution in [0.3, 0.4) is 0 Å². The summed E-state index contributed by atoms with van der Waals surface area (Å²) in [6.45, 7) is 0.553. The molecule has 0 heterocycles. The minimum Gasteiger partial charge on any atom is -0.489 e. The third-order valence-electron chi connectivity index (χ3n) is 7.98. The van der Waals surface area contributed by atoms with E-state index in [-0.39, 0.29) is 0 Å². The van der Waals surface area contributed by atoms with Crippen molar-refractivity contribution in [3.63, 3.8) is 0 Å². The van der Waals surface area contributed by atoms with Crippen molar-refractivity contribution in [1.82, 2.24) is 0 Å². The fourth-order valence-corrected chi connectivity index (χ4v) is 5.73. The van der Waals surface area contributed by atoms with Crippen molar-refractivity contribution in [1.29, 1.82) is 0 Å². The fraction of sp³-hybridized carbons (Fsp3) is 0.424. The maximum atomic E-state index is 12.2. The number of carbonyl (C=O) groups is 1. The molecule has 2 fully saturated rings. The fourth-order valence-electron chi connectivity index (χ4n) is 5.73. The van der Waals surface area contributed by atoms with Crippen LogP contribution in [0.4, 0.5) is 11.4 Å². The second kappa shape index (κ2) is 12.3. The highest BCUT2D eigenvalue weighted by Crippen LogP contribution is 2.45. The Morgan fingerprint density at radius 1 is 0.919 bits per heavy atom. The Balaban J connectivity index is 1.25. The van der Waals surface area contributed by atoms with Gasteiger partial charge in [-0.25, -0.2) is 0 Å². The molecular weight excluding hydrogens is 458 g/mol. The third kappa shape index (κ3) is 7.15. The summed E-state index contributed by atoms with van der Waals surface area (Å²) < 4.78 is 6.08. The zero-order valence-electron chi connectivity index (χ0n) is 21.7. The summed E-state index contributed by atoms with van der Waals surface area (Å²) in [5.74, 6) is 1.05. The normalized spacial score (nSPS) is 16.8. The van der Waals surface area contributed by atoms with Crippen molar-refractivity contribution in [2.24, 2.45) is 5.92 Å². The van der Waals surface area contributed by atoms with Gasteiger partial charge in [-0.1, -0.05) is 87.4 Å². The summed E-state index contributed by atoms with van der Waals surface area (Å²) in [6, 6.07) is 24.5. The van der Waals surface area contributed by atoms with E-state index in [1.54, 1.807) is 0 Å². The number of benzene rings is 3. The molecule has 0 amide bonds. The number of anilines is 2. The molecule has 0 aromatic heterocycles. The molecule has 0 aliphatic heterocycles. The molecule has 1 atom stereocenters. The first kappa shape index (κ1) is 25.4. The quantitative estimate of drug-likeness (QED) is 0.262. The van der Waals surface area contributed by atoms with Crippen molar-refractivity contribution in [2.75, 3.05) is 5.32 Å². The van der Waals surface area contributed by atoms with Gasteiger partial charge in [0, 0.05) is 11.4 Å². The highest BCUT2D eigenvalue weighted by molar-refractivity contribution is 5.77. The third-order valence-corrected chi connectivity index (χ3v) is 7.98. The van der Waals surface area contributed by atoms with Crippen LogP contribution in [0, 0.1) is 5.92 Å². The number of rotatable bonds is 12. The van der Waals surface area contributed by atoms with E-state index in [4.69, 9.17) is 4.74 Å². The molecule has 1 unspecified atom stereocenters. The van der Waals surface area contributed by atoms with Crippen LogP contribution in [0.5, 0.6) is 5.75 Å². The first-order valence-electron chi connectivity index (χ1n) is 14.1. The maximum absolute atomic E-state index is 12.2. The lowest BCUT2D eigenvalue weighted by atomic mass is 9.84. The zero-order chi connectivity index (χ0) is 25.5. The molecule has 194 valence electrons. The average Bonchev–Trinajstić information content (AvgIpc) is 3.77. The first-order valence-corrected chi connectivity index (χ1v) is 14.1. The highest BCUT2D eigenvalue weighted by atomic mass is 16.5. The van der Waals surface area contributed by atoms with Gasteiger partial charge >= 0.3 is 5.97 Å². The molecular formula is C33H39NO3. The van der Waals surface area contributed by atoms with E-state index in [1.165, 1.54) is 50.5 Å². The van der Waals surface area contributed by atoms with Gasteiger partial charge in [-0.3, -0.25) is 4.79 Å². The Bertz CT molecular complexity index is 1170. The first-order chi connectivity index (χ1) is 18.2. The molecule has 2 aliphatic carbocycles. The second-order valence-corrected chi connectivity index (χ2v) is 10.9. The van der Waals surface area contributed by atoms with Crippen molar-refractivity contribution in [3.05, 3.63) is 89.5 Å². The topological polar surface area (TPSA) is 58.6 Å². The van der Waals surface area contributed by atoms with Crippen molar-refractivity contribution >= 4 is 17.3 Å². The van der Waals surface area contributed by atoms with Crippen LogP contribution in [0.25, 0.3) is 0 Å². The lowest BCUT2D eigenvalue weighted by molar-refractivity contribution is -0.139. The van der Waals surface area contributed by atoms with E-state index in [9.17, 15) is 9.90 Å². The minimum absolute atomic E-state index is 0.456. The van der Waals surface area contributed by atoms with Crippen LogP contribution in [0.2, 0.25) is 0 Å².